The molecule has 0 saturated carbocycles. The minimum atomic E-state index is -0.730. The van der Waals surface area contributed by atoms with Gasteiger partial charge in [-0.25, -0.2) is 4.39 Å². The molecule has 0 amide bonds. The molecule has 0 saturated heterocycles. The van der Waals surface area contributed by atoms with E-state index in [1.54, 1.807) is 13.2 Å². The second-order valence-corrected chi connectivity index (χ2v) is 4.38. The van der Waals surface area contributed by atoms with Gasteiger partial charge in [-0.2, -0.15) is 0 Å². The normalized spacial score (nSPS) is 12.4. The van der Waals surface area contributed by atoms with Crippen LogP contribution in [-0.4, -0.2) is 51.8 Å². The molecule has 0 radical (unpaired) electrons. The van der Waals surface area contributed by atoms with Crippen molar-refractivity contribution in [3.63, 3.8) is 0 Å². The Morgan fingerprint density at radius 3 is 2.70 bits per heavy atom. The molecule has 0 aliphatic rings. The van der Waals surface area contributed by atoms with Gasteiger partial charge < -0.3 is 24.6 Å². The fourth-order valence-corrected chi connectivity index (χ4v) is 1.65. The highest BCUT2D eigenvalue weighted by Gasteiger charge is 2.06. The molecule has 1 unspecified atom stereocenters. The van der Waals surface area contributed by atoms with Crippen LogP contribution < -0.4 is 10.1 Å². The van der Waals surface area contributed by atoms with Crippen molar-refractivity contribution >= 4 is 0 Å². The molecule has 2 N–H and O–H groups in total. The van der Waals surface area contributed by atoms with Gasteiger partial charge in [0.15, 0.2) is 0 Å². The lowest BCUT2D eigenvalue weighted by molar-refractivity contribution is 0.0324. The van der Waals surface area contributed by atoms with Crippen LogP contribution in [-0.2, 0) is 16.0 Å². The average Bonchev–Trinajstić information content (AvgIpc) is 2.41. The summed E-state index contributed by atoms with van der Waals surface area (Å²) in [4.78, 5) is 0. The van der Waals surface area contributed by atoms with E-state index in [2.05, 4.69) is 5.32 Å². The van der Waals surface area contributed by atoms with Crippen LogP contribution in [0.15, 0.2) is 18.2 Å². The smallest absolute Gasteiger partial charge is 0.127 e. The van der Waals surface area contributed by atoms with Crippen LogP contribution in [0.1, 0.15) is 5.56 Å². The van der Waals surface area contributed by atoms with Crippen molar-refractivity contribution in [3.05, 3.63) is 29.6 Å². The maximum Gasteiger partial charge on any atom is 0.127 e. The molecule has 1 aromatic rings. The first-order valence-corrected chi connectivity index (χ1v) is 6.44. The van der Waals surface area contributed by atoms with E-state index in [1.807, 2.05) is 0 Å². The van der Waals surface area contributed by atoms with Gasteiger partial charge in [0.25, 0.3) is 0 Å². The summed E-state index contributed by atoms with van der Waals surface area (Å²) < 4.78 is 28.5. The third kappa shape index (κ3) is 6.81. The lowest BCUT2D eigenvalue weighted by Crippen LogP contribution is -2.22. The van der Waals surface area contributed by atoms with E-state index < -0.39 is 6.10 Å². The fourth-order valence-electron chi connectivity index (χ4n) is 1.65. The minimum Gasteiger partial charge on any atom is -0.491 e. The molecule has 20 heavy (non-hydrogen) atoms. The number of hydrogen-bond acceptors (Lipinski definition) is 5. The molecule has 114 valence electrons. The Kier molecular flexibility index (Phi) is 8.13. The number of hydrogen-bond donors (Lipinski definition) is 2. The molecule has 0 aromatic heterocycles. The van der Waals surface area contributed by atoms with Crippen LogP contribution in [0, 0.1) is 5.82 Å². The molecule has 1 aromatic carbocycles. The second-order valence-electron chi connectivity index (χ2n) is 4.38. The van der Waals surface area contributed by atoms with Crippen LogP contribution >= 0.6 is 0 Å². The lowest BCUT2D eigenvalue weighted by Gasteiger charge is -2.12. The first kappa shape index (κ1) is 16.8. The van der Waals surface area contributed by atoms with Gasteiger partial charge in [-0.05, 0) is 17.7 Å². The summed E-state index contributed by atoms with van der Waals surface area (Å²) in [6.45, 7) is 2.06. The average molecular weight is 287 g/mol. The van der Waals surface area contributed by atoms with Gasteiger partial charge in [0.05, 0.1) is 13.2 Å². The lowest BCUT2D eigenvalue weighted by atomic mass is 10.2. The summed E-state index contributed by atoms with van der Waals surface area (Å²) in [5.74, 6) is 0.0240. The molecular formula is C14H22FNO4. The largest absolute Gasteiger partial charge is 0.491 e. The van der Waals surface area contributed by atoms with E-state index in [9.17, 15) is 9.50 Å². The molecule has 0 aliphatic carbocycles. The highest BCUT2D eigenvalue weighted by Crippen LogP contribution is 2.16. The molecule has 0 aliphatic heterocycles. The number of aliphatic hydroxyl groups is 1. The Balaban J connectivity index is 2.48. The van der Waals surface area contributed by atoms with Crippen LogP contribution in [0.5, 0.6) is 5.75 Å². The summed E-state index contributed by atoms with van der Waals surface area (Å²) in [5, 5.41) is 12.6. The highest BCUT2D eigenvalue weighted by atomic mass is 19.1. The van der Waals surface area contributed by atoms with Crippen molar-refractivity contribution in [2.75, 3.05) is 40.6 Å². The van der Waals surface area contributed by atoms with Gasteiger partial charge in [0.1, 0.15) is 24.3 Å². The van der Waals surface area contributed by atoms with Crippen molar-refractivity contribution in [1.29, 1.82) is 0 Å². The maximum atomic E-state index is 13.5. The third-order valence-electron chi connectivity index (χ3n) is 2.54. The van der Waals surface area contributed by atoms with Gasteiger partial charge in [0, 0.05) is 33.4 Å². The first-order valence-electron chi connectivity index (χ1n) is 6.44. The first-order chi connectivity index (χ1) is 9.65. The van der Waals surface area contributed by atoms with Gasteiger partial charge in [0.2, 0.25) is 0 Å². The summed E-state index contributed by atoms with van der Waals surface area (Å²) in [7, 11) is 3.12. The Labute approximate surface area is 118 Å². The molecule has 0 spiro atoms. The summed E-state index contributed by atoms with van der Waals surface area (Å²) in [5.41, 5.74) is 0.775. The van der Waals surface area contributed by atoms with Gasteiger partial charge in [-0.15, -0.1) is 0 Å². The zero-order valence-corrected chi connectivity index (χ0v) is 11.9. The molecule has 0 bridgehead atoms. The number of rotatable bonds is 10. The quantitative estimate of drug-likeness (QED) is 0.627. The van der Waals surface area contributed by atoms with Crippen molar-refractivity contribution in [1.82, 2.24) is 5.32 Å². The molecular weight excluding hydrogens is 265 g/mol. The summed E-state index contributed by atoms with van der Waals surface area (Å²) in [6.07, 6.45) is -0.730. The van der Waals surface area contributed by atoms with Crippen LogP contribution in [0.4, 0.5) is 4.39 Å². The van der Waals surface area contributed by atoms with E-state index in [0.717, 1.165) is 5.56 Å². The molecule has 1 atom stereocenters. The Bertz CT molecular complexity index is 389. The van der Waals surface area contributed by atoms with Crippen molar-refractivity contribution in [2.24, 2.45) is 0 Å². The molecule has 6 heteroatoms. The summed E-state index contributed by atoms with van der Waals surface area (Å²) in [6, 6.07) is 4.47. The van der Waals surface area contributed by atoms with E-state index in [4.69, 9.17) is 14.2 Å². The molecule has 0 heterocycles. The molecule has 5 nitrogen and oxygen atoms in total. The Hall–Kier alpha value is -1.21. The number of nitrogens with one attached hydrogen (secondary N) is 1. The van der Waals surface area contributed by atoms with Gasteiger partial charge in [-0.1, -0.05) is 0 Å². The van der Waals surface area contributed by atoms with Gasteiger partial charge >= 0.3 is 0 Å². The number of aliphatic hydroxyl groups excluding tert-OH is 1. The van der Waals surface area contributed by atoms with Crippen LogP contribution in [0.25, 0.3) is 0 Å². The summed E-state index contributed by atoms with van der Waals surface area (Å²) >= 11 is 0. The SMILES string of the molecule is COCCNCc1cc(F)cc(OCC(O)COC)c1. The minimum absolute atomic E-state index is 0.0633. The third-order valence-corrected chi connectivity index (χ3v) is 2.54. The molecule has 0 fully saturated rings. The fraction of sp³-hybridized carbons (Fsp3) is 0.571. The van der Waals surface area contributed by atoms with Crippen molar-refractivity contribution in [3.8, 4) is 5.75 Å². The van der Waals surface area contributed by atoms with E-state index in [-0.39, 0.29) is 19.0 Å². The van der Waals surface area contributed by atoms with Crippen molar-refractivity contribution in [2.45, 2.75) is 12.6 Å². The number of benzene rings is 1. The highest BCUT2D eigenvalue weighted by molar-refractivity contribution is 5.29. The zero-order valence-electron chi connectivity index (χ0n) is 11.9. The van der Waals surface area contributed by atoms with Crippen LogP contribution in [0.3, 0.4) is 0 Å². The van der Waals surface area contributed by atoms with E-state index >= 15 is 0 Å². The predicted octanol–water partition coefficient (Wildman–Crippen LogP) is 0.948. The van der Waals surface area contributed by atoms with Crippen LogP contribution in [0.2, 0.25) is 0 Å². The Morgan fingerprint density at radius 1 is 1.20 bits per heavy atom. The number of methoxy groups -OCH3 is 2. The monoisotopic (exact) mass is 287 g/mol. The maximum absolute atomic E-state index is 13.5. The molecule has 1 rings (SSSR count). The number of ether oxygens (including phenoxy) is 3. The number of halogens is 1. The standard InChI is InChI=1S/C14H22FNO4/c1-18-4-3-16-8-11-5-12(15)7-14(6-11)20-10-13(17)9-19-2/h5-7,13,16-17H,3-4,8-10H2,1-2H3. The van der Waals surface area contributed by atoms with E-state index in [1.165, 1.54) is 19.2 Å². The predicted molar refractivity (Wildman–Crippen MR) is 73.4 cm³/mol. The zero-order chi connectivity index (χ0) is 14.8. The Morgan fingerprint density at radius 2 is 2.00 bits per heavy atom. The van der Waals surface area contributed by atoms with Gasteiger partial charge in [-0.3, -0.25) is 0 Å². The second kappa shape index (κ2) is 9.66. The topological polar surface area (TPSA) is 60.0 Å². The van der Waals surface area contributed by atoms with Crippen molar-refractivity contribution < 1.29 is 23.7 Å². The van der Waals surface area contributed by atoms with E-state index in [0.29, 0.717) is 25.4 Å².